The van der Waals surface area contributed by atoms with Crippen molar-refractivity contribution in [1.82, 2.24) is 4.90 Å². The number of methoxy groups -OCH3 is 1. The van der Waals surface area contributed by atoms with Crippen LogP contribution in [-0.4, -0.2) is 43.3 Å². The van der Waals surface area contributed by atoms with Gasteiger partial charge in [0.25, 0.3) is 0 Å². The molecule has 0 amide bonds. The molecule has 16 heavy (non-hydrogen) atoms. The normalized spacial score (nSPS) is 30.7. The van der Waals surface area contributed by atoms with E-state index in [1.807, 2.05) is 0 Å². The lowest BCUT2D eigenvalue weighted by Gasteiger charge is -2.36. The van der Waals surface area contributed by atoms with Gasteiger partial charge in [-0.15, -0.1) is 0 Å². The zero-order valence-corrected chi connectivity index (χ0v) is 10.6. The van der Waals surface area contributed by atoms with E-state index in [4.69, 9.17) is 15.7 Å². The number of likely N-dealkylation sites (tertiary alicyclic amines) is 1. The Bertz CT molecular complexity index is 259. The molecule has 0 aromatic carbocycles. The number of nitriles is 1. The fourth-order valence-electron chi connectivity index (χ4n) is 2.05. The second-order valence-corrected chi connectivity index (χ2v) is 5.12. The Morgan fingerprint density at radius 1 is 1.62 bits per heavy atom. The summed E-state index contributed by atoms with van der Waals surface area (Å²) in [5.74, 6) is 0.626. The quantitative estimate of drug-likeness (QED) is 0.774. The largest absolute Gasteiger partial charge is 0.380 e. The van der Waals surface area contributed by atoms with Gasteiger partial charge < -0.3 is 15.4 Å². The molecule has 1 saturated heterocycles. The van der Waals surface area contributed by atoms with Crippen molar-refractivity contribution < 1.29 is 4.74 Å². The second kappa shape index (κ2) is 5.62. The standard InChI is InChI=1S/C12H23N3O/c1-10-4-6-15(8-11(10)16-3)7-5-12(2,14)9-13/h10-11H,4-8,14H2,1-3H3. The van der Waals surface area contributed by atoms with E-state index >= 15 is 0 Å². The van der Waals surface area contributed by atoms with Crippen molar-refractivity contribution in [1.29, 1.82) is 5.26 Å². The summed E-state index contributed by atoms with van der Waals surface area (Å²) in [6.07, 6.45) is 2.19. The number of nitrogens with two attached hydrogens (primary N) is 1. The first-order valence-corrected chi connectivity index (χ1v) is 5.94. The Balaban J connectivity index is 2.37. The molecule has 92 valence electrons. The van der Waals surface area contributed by atoms with Gasteiger partial charge in [-0.3, -0.25) is 0 Å². The predicted octanol–water partition coefficient (Wildman–Crippen LogP) is 0.974. The van der Waals surface area contributed by atoms with Gasteiger partial charge in [0.15, 0.2) is 0 Å². The van der Waals surface area contributed by atoms with Gasteiger partial charge in [-0.1, -0.05) is 6.92 Å². The van der Waals surface area contributed by atoms with E-state index in [0.717, 1.165) is 26.1 Å². The maximum atomic E-state index is 8.85. The highest BCUT2D eigenvalue weighted by molar-refractivity contribution is 5.01. The lowest BCUT2D eigenvalue weighted by atomic mass is 9.94. The molecule has 0 aromatic heterocycles. The van der Waals surface area contributed by atoms with Crippen molar-refractivity contribution in [2.45, 2.75) is 38.3 Å². The minimum atomic E-state index is -0.703. The molecular formula is C12H23N3O. The van der Waals surface area contributed by atoms with Crippen LogP contribution in [0, 0.1) is 17.2 Å². The molecule has 3 atom stereocenters. The smallest absolute Gasteiger partial charge is 0.102 e. The Morgan fingerprint density at radius 2 is 2.31 bits per heavy atom. The monoisotopic (exact) mass is 225 g/mol. The minimum absolute atomic E-state index is 0.319. The maximum absolute atomic E-state index is 8.85. The first-order chi connectivity index (χ1) is 7.48. The van der Waals surface area contributed by atoms with Crippen LogP contribution in [0.25, 0.3) is 0 Å². The average molecular weight is 225 g/mol. The minimum Gasteiger partial charge on any atom is -0.380 e. The lowest BCUT2D eigenvalue weighted by Crippen LogP contribution is -2.46. The van der Waals surface area contributed by atoms with E-state index in [1.165, 1.54) is 0 Å². The zero-order valence-electron chi connectivity index (χ0n) is 10.6. The Labute approximate surface area is 98.4 Å². The van der Waals surface area contributed by atoms with Crippen molar-refractivity contribution in [3.05, 3.63) is 0 Å². The first-order valence-electron chi connectivity index (χ1n) is 5.94. The second-order valence-electron chi connectivity index (χ2n) is 5.12. The van der Waals surface area contributed by atoms with E-state index in [2.05, 4.69) is 17.9 Å². The summed E-state index contributed by atoms with van der Waals surface area (Å²) in [6, 6.07) is 2.13. The van der Waals surface area contributed by atoms with E-state index in [1.54, 1.807) is 14.0 Å². The highest BCUT2D eigenvalue weighted by Gasteiger charge is 2.27. The predicted molar refractivity (Wildman–Crippen MR) is 63.8 cm³/mol. The summed E-state index contributed by atoms with van der Waals surface area (Å²) >= 11 is 0. The molecule has 1 aliphatic rings. The van der Waals surface area contributed by atoms with Crippen molar-refractivity contribution in [2.75, 3.05) is 26.7 Å². The third-order valence-electron chi connectivity index (χ3n) is 3.48. The Morgan fingerprint density at radius 3 is 2.88 bits per heavy atom. The highest BCUT2D eigenvalue weighted by atomic mass is 16.5. The third kappa shape index (κ3) is 3.75. The fraction of sp³-hybridized carbons (Fsp3) is 0.917. The molecule has 1 rings (SSSR count). The third-order valence-corrected chi connectivity index (χ3v) is 3.48. The first kappa shape index (κ1) is 13.4. The molecule has 0 saturated carbocycles. The van der Waals surface area contributed by atoms with Crippen molar-refractivity contribution in [3.63, 3.8) is 0 Å². The summed E-state index contributed by atoms with van der Waals surface area (Å²) < 4.78 is 5.45. The maximum Gasteiger partial charge on any atom is 0.102 e. The molecule has 0 spiro atoms. The summed E-state index contributed by atoms with van der Waals surface area (Å²) in [4.78, 5) is 2.34. The van der Waals surface area contributed by atoms with Crippen LogP contribution >= 0.6 is 0 Å². The SMILES string of the molecule is COC1CN(CCC(C)(N)C#N)CCC1C. The van der Waals surface area contributed by atoms with Gasteiger partial charge in [0, 0.05) is 20.2 Å². The molecule has 0 aliphatic carbocycles. The van der Waals surface area contributed by atoms with Gasteiger partial charge in [-0.2, -0.15) is 5.26 Å². The lowest BCUT2D eigenvalue weighted by molar-refractivity contribution is -0.00597. The van der Waals surface area contributed by atoms with Gasteiger partial charge in [0.05, 0.1) is 12.2 Å². The van der Waals surface area contributed by atoms with E-state index < -0.39 is 5.54 Å². The van der Waals surface area contributed by atoms with Gasteiger partial charge in [0.1, 0.15) is 5.54 Å². The number of hydrogen-bond acceptors (Lipinski definition) is 4. The fourth-order valence-corrected chi connectivity index (χ4v) is 2.05. The topological polar surface area (TPSA) is 62.3 Å². The van der Waals surface area contributed by atoms with Crippen LogP contribution in [0.1, 0.15) is 26.7 Å². The molecule has 0 aromatic rings. The van der Waals surface area contributed by atoms with E-state index in [0.29, 0.717) is 18.4 Å². The van der Waals surface area contributed by atoms with Crippen LogP contribution in [0.2, 0.25) is 0 Å². The van der Waals surface area contributed by atoms with Crippen molar-refractivity contribution >= 4 is 0 Å². The number of rotatable bonds is 4. The van der Waals surface area contributed by atoms with E-state index in [9.17, 15) is 0 Å². The summed E-state index contributed by atoms with van der Waals surface area (Å²) in [5, 5.41) is 8.85. The molecule has 2 N–H and O–H groups in total. The summed E-state index contributed by atoms with van der Waals surface area (Å²) in [6.45, 7) is 6.94. The molecule has 1 heterocycles. The molecule has 1 aliphatic heterocycles. The molecule has 0 bridgehead atoms. The van der Waals surface area contributed by atoms with Crippen LogP contribution in [-0.2, 0) is 4.74 Å². The number of ether oxygens (including phenoxy) is 1. The summed E-state index contributed by atoms with van der Waals surface area (Å²) in [5.41, 5.74) is 5.11. The molecule has 4 heteroatoms. The van der Waals surface area contributed by atoms with Gasteiger partial charge >= 0.3 is 0 Å². The number of nitrogens with zero attached hydrogens (tertiary/aromatic N) is 2. The van der Waals surface area contributed by atoms with Gasteiger partial charge in [-0.25, -0.2) is 0 Å². The molecule has 1 fully saturated rings. The van der Waals surface area contributed by atoms with Gasteiger partial charge in [-0.05, 0) is 32.2 Å². The number of hydrogen-bond donors (Lipinski definition) is 1. The molecule has 0 radical (unpaired) electrons. The Hall–Kier alpha value is -0.630. The summed E-state index contributed by atoms with van der Waals surface area (Å²) in [7, 11) is 1.77. The molecular weight excluding hydrogens is 202 g/mol. The van der Waals surface area contributed by atoms with Gasteiger partial charge in [0.2, 0.25) is 0 Å². The van der Waals surface area contributed by atoms with Crippen LogP contribution < -0.4 is 5.73 Å². The zero-order chi connectivity index (χ0) is 12.2. The van der Waals surface area contributed by atoms with Crippen molar-refractivity contribution in [2.24, 2.45) is 11.7 Å². The molecule has 4 nitrogen and oxygen atoms in total. The highest BCUT2D eigenvalue weighted by Crippen LogP contribution is 2.20. The van der Waals surface area contributed by atoms with Crippen LogP contribution in [0.3, 0.4) is 0 Å². The van der Waals surface area contributed by atoms with E-state index in [-0.39, 0.29) is 0 Å². The molecule has 3 unspecified atom stereocenters. The van der Waals surface area contributed by atoms with Crippen molar-refractivity contribution in [3.8, 4) is 6.07 Å². The van der Waals surface area contributed by atoms with Crippen LogP contribution in [0.15, 0.2) is 0 Å². The average Bonchev–Trinajstić information content (AvgIpc) is 2.28. The Kier molecular flexibility index (Phi) is 4.72. The van der Waals surface area contributed by atoms with Crippen LogP contribution in [0.4, 0.5) is 0 Å². The van der Waals surface area contributed by atoms with Crippen LogP contribution in [0.5, 0.6) is 0 Å². The number of piperidine rings is 1.